The monoisotopic (exact) mass is 224 g/mol. The van der Waals surface area contributed by atoms with Crippen molar-refractivity contribution < 1.29 is 8.78 Å². The predicted octanol–water partition coefficient (Wildman–Crippen LogP) is 2.56. The van der Waals surface area contributed by atoms with Crippen LogP contribution in [0.1, 0.15) is 13.3 Å². The zero-order valence-electron chi connectivity index (χ0n) is 9.16. The molecule has 1 aliphatic heterocycles. The SMILES string of the molecule is C[C@@]12CCN(c3ccccn3)C[C@@H]1C2(F)F. The highest BCUT2D eigenvalue weighted by molar-refractivity contribution is 5.41. The van der Waals surface area contributed by atoms with E-state index in [1.807, 2.05) is 23.1 Å². The minimum absolute atomic E-state index is 0.431. The minimum Gasteiger partial charge on any atom is -0.356 e. The summed E-state index contributed by atoms with van der Waals surface area (Å²) in [6.45, 7) is 2.81. The smallest absolute Gasteiger partial charge is 0.259 e. The number of alkyl halides is 2. The van der Waals surface area contributed by atoms with Crippen molar-refractivity contribution in [1.29, 1.82) is 0 Å². The molecule has 1 saturated heterocycles. The molecule has 0 unspecified atom stereocenters. The number of rotatable bonds is 1. The van der Waals surface area contributed by atoms with Crippen LogP contribution >= 0.6 is 0 Å². The lowest BCUT2D eigenvalue weighted by Gasteiger charge is -2.29. The quantitative estimate of drug-likeness (QED) is 0.728. The molecule has 0 spiro atoms. The summed E-state index contributed by atoms with van der Waals surface area (Å²) in [7, 11) is 0. The van der Waals surface area contributed by atoms with E-state index in [1.54, 1.807) is 13.1 Å². The Morgan fingerprint density at radius 1 is 1.44 bits per heavy atom. The third-order valence-corrected chi connectivity index (χ3v) is 4.16. The van der Waals surface area contributed by atoms with Crippen molar-refractivity contribution in [3.63, 3.8) is 0 Å². The van der Waals surface area contributed by atoms with Gasteiger partial charge in [0.25, 0.3) is 5.92 Å². The van der Waals surface area contributed by atoms with Gasteiger partial charge < -0.3 is 4.90 Å². The first kappa shape index (κ1) is 10.00. The van der Waals surface area contributed by atoms with Crippen LogP contribution in [-0.4, -0.2) is 24.0 Å². The van der Waals surface area contributed by atoms with Crippen LogP contribution in [0.25, 0.3) is 0 Å². The number of hydrogen-bond donors (Lipinski definition) is 0. The zero-order valence-corrected chi connectivity index (χ0v) is 9.16. The van der Waals surface area contributed by atoms with Gasteiger partial charge in [0.2, 0.25) is 0 Å². The fraction of sp³-hybridized carbons (Fsp3) is 0.583. The molecule has 2 nitrogen and oxygen atoms in total. The van der Waals surface area contributed by atoms with Crippen molar-refractivity contribution in [3.8, 4) is 0 Å². The molecule has 0 amide bonds. The maximum atomic E-state index is 13.5. The summed E-state index contributed by atoms with van der Waals surface area (Å²) in [6.07, 6.45) is 2.26. The Morgan fingerprint density at radius 3 is 2.88 bits per heavy atom. The van der Waals surface area contributed by atoms with Crippen molar-refractivity contribution >= 4 is 5.82 Å². The van der Waals surface area contributed by atoms with Gasteiger partial charge in [0, 0.05) is 24.7 Å². The van der Waals surface area contributed by atoms with Gasteiger partial charge in [-0.2, -0.15) is 0 Å². The second-order valence-corrected chi connectivity index (χ2v) is 4.98. The van der Waals surface area contributed by atoms with Gasteiger partial charge in [-0.15, -0.1) is 0 Å². The second kappa shape index (κ2) is 2.93. The van der Waals surface area contributed by atoms with Gasteiger partial charge in [-0.3, -0.25) is 0 Å². The molecule has 1 aromatic rings. The number of aromatic nitrogens is 1. The Balaban J connectivity index is 1.80. The molecule has 0 bridgehead atoms. The lowest BCUT2D eigenvalue weighted by molar-refractivity contribution is 0.0636. The molecule has 1 saturated carbocycles. The summed E-state index contributed by atoms with van der Waals surface area (Å²) in [4.78, 5) is 6.17. The Labute approximate surface area is 93.3 Å². The van der Waals surface area contributed by atoms with Crippen LogP contribution in [0.2, 0.25) is 0 Å². The maximum absolute atomic E-state index is 13.5. The first-order valence-corrected chi connectivity index (χ1v) is 5.59. The Kier molecular flexibility index (Phi) is 1.83. The Hall–Kier alpha value is -1.19. The van der Waals surface area contributed by atoms with Crippen molar-refractivity contribution in [3.05, 3.63) is 24.4 Å². The molecule has 2 fully saturated rings. The summed E-state index contributed by atoms with van der Waals surface area (Å²) in [5.41, 5.74) is -0.752. The van der Waals surface area contributed by atoms with Gasteiger partial charge in [0.05, 0.1) is 5.92 Å². The number of pyridine rings is 1. The molecule has 0 aromatic carbocycles. The van der Waals surface area contributed by atoms with E-state index in [0.717, 1.165) is 5.82 Å². The molecule has 1 aromatic heterocycles. The number of anilines is 1. The number of nitrogens with zero attached hydrogens (tertiary/aromatic N) is 2. The fourth-order valence-electron chi connectivity index (χ4n) is 2.76. The predicted molar refractivity (Wildman–Crippen MR) is 57.6 cm³/mol. The van der Waals surface area contributed by atoms with Crippen LogP contribution in [0, 0.1) is 11.3 Å². The van der Waals surface area contributed by atoms with Crippen LogP contribution in [-0.2, 0) is 0 Å². The third kappa shape index (κ3) is 1.13. The van der Waals surface area contributed by atoms with E-state index in [4.69, 9.17) is 0 Å². The first-order valence-electron chi connectivity index (χ1n) is 5.59. The van der Waals surface area contributed by atoms with E-state index < -0.39 is 17.3 Å². The van der Waals surface area contributed by atoms with Gasteiger partial charge in [-0.1, -0.05) is 13.0 Å². The van der Waals surface area contributed by atoms with Crippen LogP contribution in [0.4, 0.5) is 14.6 Å². The summed E-state index contributed by atoms with van der Waals surface area (Å²) in [5, 5.41) is 0. The molecule has 0 N–H and O–H groups in total. The van der Waals surface area contributed by atoms with Gasteiger partial charge >= 0.3 is 0 Å². The summed E-state index contributed by atoms with van der Waals surface area (Å²) in [6, 6.07) is 5.60. The fourth-order valence-corrected chi connectivity index (χ4v) is 2.76. The average Bonchev–Trinajstić information content (AvgIpc) is 2.74. The second-order valence-electron chi connectivity index (χ2n) is 4.98. The molecule has 0 radical (unpaired) electrons. The van der Waals surface area contributed by atoms with Crippen LogP contribution in [0.5, 0.6) is 0 Å². The van der Waals surface area contributed by atoms with Crippen molar-refractivity contribution in [2.75, 3.05) is 18.0 Å². The van der Waals surface area contributed by atoms with Crippen molar-refractivity contribution in [1.82, 2.24) is 4.98 Å². The Morgan fingerprint density at radius 2 is 2.25 bits per heavy atom. The van der Waals surface area contributed by atoms with Gasteiger partial charge in [0.15, 0.2) is 0 Å². The molecular formula is C12H14F2N2. The van der Waals surface area contributed by atoms with E-state index in [9.17, 15) is 8.78 Å². The number of fused-ring (bicyclic) bond motifs is 1. The normalized spacial score (nSPS) is 35.7. The van der Waals surface area contributed by atoms with Gasteiger partial charge in [-0.05, 0) is 18.6 Å². The topological polar surface area (TPSA) is 16.1 Å². The maximum Gasteiger partial charge on any atom is 0.259 e. The lowest BCUT2D eigenvalue weighted by Crippen LogP contribution is -2.34. The Bertz CT molecular complexity index is 407. The highest BCUT2D eigenvalue weighted by Gasteiger charge is 2.78. The van der Waals surface area contributed by atoms with Crippen molar-refractivity contribution in [2.45, 2.75) is 19.3 Å². The number of hydrogen-bond acceptors (Lipinski definition) is 2. The average molecular weight is 224 g/mol. The first-order chi connectivity index (χ1) is 7.56. The van der Waals surface area contributed by atoms with E-state index in [2.05, 4.69) is 4.98 Å². The molecular weight excluding hydrogens is 210 g/mol. The molecule has 2 heterocycles. The third-order valence-electron chi connectivity index (χ3n) is 4.16. The standard InChI is InChI=1S/C12H14F2N2/c1-11-5-7-16(8-9(11)12(11,13)14)10-4-2-3-6-15-10/h2-4,6,9H,5,7-8H2,1H3/t9-,11+/m0/s1. The van der Waals surface area contributed by atoms with Crippen LogP contribution in [0.3, 0.4) is 0 Å². The minimum atomic E-state index is -2.48. The largest absolute Gasteiger partial charge is 0.356 e. The van der Waals surface area contributed by atoms with E-state index in [1.165, 1.54) is 0 Å². The summed E-state index contributed by atoms with van der Waals surface area (Å²) < 4.78 is 27.1. The van der Waals surface area contributed by atoms with Gasteiger partial charge in [-0.25, -0.2) is 13.8 Å². The molecule has 86 valence electrons. The van der Waals surface area contributed by atoms with Crippen molar-refractivity contribution in [2.24, 2.45) is 11.3 Å². The summed E-state index contributed by atoms with van der Waals surface area (Å²) in [5.74, 6) is -2.15. The molecule has 2 atom stereocenters. The molecule has 3 rings (SSSR count). The number of piperidine rings is 1. The zero-order chi connectivity index (χ0) is 11.4. The lowest BCUT2D eigenvalue weighted by atomic mass is 9.97. The van der Waals surface area contributed by atoms with E-state index in [-0.39, 0.29) is 0 Å². The molecule has 2 aliphatic rings. The molecule has 1 aliphatic carbocycles. The van der Waals surface area contributed by atoms with E-state index >= 15 is 0 Å². The molecule has 16 heavy (non-hydrogen) atoms. The summed E-state index contributed by atoms with van der Waals surface area (Å²) >= 11 is 0. The highest BCUT2D eigenvalue weighted by Crippen LogP contribution is 2.69. The van der Waals surface area contributed by atoms with Crippen LogP contribution < -0.4 is 4.90 Å². The van der Waals surface area contributed by atoms with Crippen LogP contribution in [0.15, 0.2) is 24.4 Å². The number of halogens is 2. The highest BCUT2D eigenvalue weighted by atomic mass is 19.3. The molecule has 4 heteroatoms. The van der Waals surface area contributed by atoms with Gasteiger partial charge in [0.1, 0.15) is 5.82 Å². The van der Waals surface area contributed by atoms with E-state index in [0.29, 0.717) is 19.5 Å².